The Morgan fingerprint density at radius 1 is 1.37 bits per heavy atom. The zero-order valence-electron chi connectivity index (χ0n) is 11.5. The zero-order valence-corrected chi connectivity index (χ0v) is 11.5. The van der Waals surface area contributed by atoms with E-state index in [0.29, 0.717) is 6.04 Å². The van der Waals surface area contributed by atoms with Crippen LogP contribution in [-0.2, 0) is 0 Å². The Hall–Kier alpha value is -1.55. The molecule has 0 unspecified atom stereocenters. The lowest BCUT2D eigenvalue weighted by atomic mass is 10.0. The number of piperidine rings is 1. The highest BCUT2D eigenvalue weighted by Gasteiger charge is 2.18. The van der Waals surface area contributed by atoms with Crippen molar-refractivity contribution in [2.45, 2.75) is 32.2 Å². The maximum absolute atomic E-state index is 4.12. The van der Waals surface area contributed by atoms with Crippen molar-refractivity contribution in [1.29, 1.82) is 0 Å². The SMILES string of the molecule is CCCN1CCC(Nc2cccc3cn[nH]c23)CC1. The van der Waals surface area contributed by atoms with Crippen LogP contribution in [0.2, 0.25) is 0 Å². The number of aromatic amines is 1. The van der Waals surface area contributed by atoms with Crippen LogP contribution in [0.3, 0.4) is 0 Å². The number of aromatic nitrogens is 2. The molecule has 4 heteroatoms. The van der Waals surface area contributed by atoms with Crippen LogP contribution in [0.1, 0.15) is 26.2 Å². The number of fused-ring (bicyclic) bond motifs is 1. The minimum absolute atomic E-state index is 0.585. The van der Waals surface area contributed by atoms with Gasteiger partial charge in [-0.2, -0.15) is 5.10 Å². The molecule has 1 saturated heterocycles. The van der Waals surface area contributed by atoms with E-state index in [9.17, 15) is 0 Å². The van der Waals surface area contributed by atoms with Crippen LogP contribution in [0.4, 0.5) is 5.69 Å². The van der Waals surface area contributed by atoms with Gasteiger partial charge in [0, 0.05) is 24.5 Å². The lowest BCUT2D eigenvalue weighted by Crippen LogP contribution is -2.39. The van der Waals surface area contributed by atoms with E-state index in [1.165, 1.54) is 50.0 Å². The Morgan fingerprint density at radius 3 is 3.00 bits per heavy atom. The zero-order chi connectivity index (χ0) is 13.1. The molecular formula is C15H22N4. The van der Waals surface area contributed by atoms with Gasteiger partial charge >= 0.3 is 0 Å². The Labute approximate surface area is 114 Å². The van der Waals surface area contributed by atoms with Gasteiger partial charge in [0.15, 0.2) is 0 Å². The molecule has 1 aromatic heterocycles. The van der Waals surface area contributed by atoms with Gasteiger partial charge in [-0.25, -0.2) is 0 Å². The van der Waals surface area contributed by atoms with E-state index >= 15 is 0 Å². The van der Waals surface area contributed by atoms with E-state index in [1.807, 2.05) is 6.20 Å². The minimum atomic E-state index is 0.585. The molecule has 0 amide bonds. The van der Waals surface area contributed by atoms with Crippen LogP contribution in [0.15, 0.2) is 24.4 Å². The van der Waals surface area contributed by atoms with Gasteiger partial charge in [-0.15, -0.1) is 0 Å². The lowest BCUT2D eigenvalue weighted by Gasteiger charge is -2.32. The smallest absolute Gasteiger partial charge is 0.0881 e. The number of anilines is 1. The number of hydrogen-bond donors (Lipinski definition) is 2. The minimum Gasteiger partial charge on any atom is -0.380 e. The Morgan fingerprint density at radius 2 is 2.21 bits per heavy atom. The molecule has 19 heavy (non-hydrogen) atoms. The summed E-state index contributed by atoms with van der Waals surface area (Å²) in [4.78, 5) is 2.56. The fourth-order valence-corrected chi connectivity index (χ4v) is 2.93. The molecule has 1 aromatic carbocycles. The summed E-state index contributed by atoms with van der Waals surface area (Å²) in [6.45, 7) is 5.92. The monoisotopic (exact) mass is 258 g/mol. The van der Waals surface area contributed by atoms with Gasteiger partial charge in [0.1, 0.15) is 0 Å². The average Bonchev–Trinajstić information content (AvgIpc) is 2.91. The summed E-state index contributed by atoms with van der Waals surface area (Å²) in [5.41, 5.74) is 2.31. The predicted octanol–water partition coefficient (Wildman–Crippen LogP) is 2.85. The molecule has 1 aliphatic heterocycles. The molecule has 3 rings (SSSR count). The number of rotatable bonds is 4. The van der Waals surface area contributed by atoms with Gasteiger partial charge in [-0.1, -0.05) is 19.1 Å². The molecule has 4 nitrogen and oxygen atoms in total. The highest BCUT2D eigenvalue weighted by molar-refractivity contribution is 5.89. The molecule has 0 radical (unpaired) electrons. The summed E-state index contributed by atoms with van der Waals surface area (Å²) in [5, 5.41) is 12.1. The number of hydrogen-bond acceptors (Lipinski definition) is 3. The fourth-order valence-electron chi connectivity index (χ4n) is 2.93. The van der Waals surface area contributed by atoms with E-state index in [0.717, 1.165) is 5.52 Å². The third-order valence-electron chi connectivity index (χ3n) is 3.96. The van der Waals surface area contributed by atoms with Crippen molar-refractivity contribution in [2.24, 2.45) is 0 Å². The van der Waals surface area contributed by atoms with Crippen molar-refractivity contribution >= 4 is 16.6 Å². The Bertz CT molecular complexity index is 526. The first-order chi connectivity index (χ1) is 9.36. The van der Waals surface area contributed by atoms with Crippen LogP contribution in [-0.4, -0.2) is 40.8 Å². The van der Waals surface area contributed by atoms with E-state index < -0.39 is 0 Å². The van der Waals surface area contributed by atoms with Crippen molar-refractivity contribution in [3.8, 4) is 0 Å². The van der Waals surface area contributed by atoms with Crippen molar-refractivity contribution in [3.63, 3.8) is 0 Å². The normalized spacial score (nSPS) is 17.9. The average molecular weight is 258 g/mol. The second-order valence-corrected chi connectivity index (χ2v) is 5.40. The first-order valence-corrected chi connectivity index (χ1v) is 7.28. The molecule has 0 aliphatic carbocycles. The van der Waals surface area contributed by atoms with Gasteiger partial charge in [0.05, 0.1) is 17.4 Å². The number of nitrogens with zero attached hydrogens (tertiary/aromatic N) is 2. The van der Waals surface area contributed by atoms with Crippen LogP contribution in [0, 0.1) is 0 Å². The number of nitrogens with one attached hydrogen (secondary N) is 2. The van der Waals surface area contributed by atoms with Gasteiger partial charge < -0.3 is 10.2 Å². The summed E-state index contributed by atoms with van der Waals surface area (Å²) in [5.74, 6) is 0. The van der Waals surface area contributed by atoms with E-state index in [1.54, 1.807) is 0 Å². The molecule has 2 heterocycles. The quantitative estimate of drug-likeness (QED) is 0.886. The summed E-state index contributed by atoms with van der Waals surface area (Å²) < 4.78 is 0. The largest absolute Gasteiger partial charge is 0.380 e. The molecule has 0 bridgehead atoms. The van der Waals surface area contributed by atoms with Crippen molar-refractivity contribution in [2.75, 3.05) is 25.0 Å². The summed E-state index contributed by atoms with van der Waals surface area (Å²) in [7, 11) is 0. The van der Waals surface area contributed by atoms with Crippen molar-refractivity contribution in [1.82, 2.24) is 15.1 Å². The third-order valence-corrected chi connectivity index (χ3v) is 3.96. The van der Waals surface area contributed by atoms with Crippen molar-refractivity contribution < 1.29 is 0 Å². The summed E-state index contributed by atoms with van der Waals surface area (Å²) in [6, 6.07) is 6.90. The lowest BCUT2D eigenvalue weighted by molar-refractivity contribution is 0.219. The maximum atomic E-state index is 4.12. The van der Waals surface area contributed by atoms with Crippen molar-refractivity contribution in [3.05, 3.63) is 24.4 Å². The molecule has 2 aromatic rings. The number of benzene rings is 1. The standard InChI is InChI=1S/C15H22N4/c1-2-8-19-9-6-13(7-10-19)17-14-5-3-4-12-11-16-18-15(12)14/h3-5,11,13,17H,2,6-10H2,1H3,(H,16,18). The highest BCUT2D eigenvalue weighted by atomic mass is 15.1. The molecule has 1 aliphatic rings. The van der Waals surface area contributed by atoms with Gasteiger partial charge in [0.2, 0.25) is 0 Å². The molecule has 0 saturated carbocycles. The van der Waals surface area contributed by atoms with Gasteiger partial charge in [0.25, 0.3) is 0 Å². The third kappa shape index (κ3) is 2.73. The fraction of sp³-hybridized carbons (Fsp3) is 0.533. The number of likely N-dealkylation sites (tertiary alicyclic amines) is 1. The number of H-pyrrole nitrogens is 1. The molecule has 1 fully saturated rings. The molecule has 0 spiro atoms. The second-order valence-electron chi connectivity index (χ2n) is 5.40. The summed E-state index contributed by atoms with van der Waals surface area (Å²) in [6.07, 6.45) is 5.59. The number of para-hydroxylation sites is 1. The van der Waals surface area contributed by atoms with Gasteiger partial charge in [-0.05, 0) is 31.9 Å². The molecular weight excluding hydrogens is 236 g/mol. The van der Waals surface area contributed by atoms with Gasteiger partial charge in [-0.3, -0.25) is 5.10 Å². The van der Waals surface area contributed by atoms with E-state index in [-0.39, 0.29) is 0 Å². The Kier molecular flexibility index (Phi) is 3.69. The first kappa shape index (κ1) is 12.5. The Balaban J connectivity index is 1.65. The van der Waals surface area contributed by atoms with Crippen LogP contribution >= 0.6 is 0 Å². The van der Waals surface area contributed by atoms with Crippen LogP contribution < -0.4 is 5.32 Å². The van der Waals surface area contributed by atoms with Crippen LogP contribution in [0.25, 0.3) is 10.9 Å². The van der Waals surface area contributed by atoms with E-state index in [2.05, 4.69) is 45.5 Å². The molecule has 2 N–H and O–H groups in total. The second kappa shape index (κ2) is 5.61. The topological polar surface area (TPSA) is 44.0 Å². The molecule has 102 valence electrons. The highest BCUT2D eigenvalue weighted by Crippen LogP contribution is 2.23. The van der Waals surface area contributed by atoms with Crippen LogP contribution in [0.5, 0.6) is 0 Å². The maximum Gasteiger partial charge on any atom is 0.0881 e. The van der Waals surface area contributed by atoms with E-state index in [4.69, 9.17) is 0 Å². The first-order valence-electron chi connectivity index (χ1n) is 7.28. The predicted molar refractivity (Wildman–Crippen MR) is 79.5 cm³/mol. The molecule has 0 atom stereocenters. The summed E-state index contributed by atoms with van der Waals surface area (Å²) >= 11 is 0.